The Labute approximate surface area is 115 Å². The van der Waals surface area contributed by atoms with Gasteiger partial charge in [0, 0.05) is 5.69 Å². The zero-order chi connectivity index (χ0) is 14.7. The van der Waals surface area contributed by atoms with E-state index in [9.17, 15) is 9.59 Å². The molecule has 2 aromatic rings. The molecule has 0 spiro atoms. The molecule has 2 amide bonds. The maximum absolute atomic E-state index is 11.3. The third-order valence-electron chi connectivity index (χ3n) is 2.92. The van der Waals surface area contributed by atoms with E-state index in [1.165, 1.54) is 0 Å². The van der Waals surface area contributed by atoms with E-state index in [0.29, 0.717) is 23.5 Å². The van der Waals surface area contributed by atoms with Gasteiger partial charge in [-0.3, -0.25) is 9.59 Å². The van der Waals surface area contributed by atoms with Gasteiger partial charge in [0.1, 0.15) is 0 Å². The van der Waals surface area contributed by atoms with Gasteiger partial charge in [-0.2, -0.15) is 0 Å². The molecule has 7 N–H and O–H groups in total. The van der Waals surface area contributed by atoms with Gasteiger partial charge in [-0.05, 0) is 35.4 Å². The van der Waals surface area contributed by atoms with Crippen LogP contribution >= 0.6 is 0 Å². The van der Waals surface area contributed by atoms with Crippen molar-refractivity contribution in [1.82, 2.24) is 0 Å². The van der Waals surface area contributed by atoms with Gasteiger partial charge in [0.25, 0.3) is 5.91 Å². The number of amides is 2. The molecule has 6 nitrogen and oxygen atoms in total. The van der Waals surface area contributed by atoms with Crippen LogP contribution in [0.2, 0.25) is 0 Å². The molecule has 0 aliphatic heterocycles. The zero-order valence-electron chi connectivity index (χ0n) is 10.6. The van der Waals surface area contributed by atoms with E-state index in [0.717, 1.165) is 11.1 Å². The predicted molar refractivity (Wildman–Crippen MR) is 78.9 cm³/mol. The number of carbonyl (C=O) groups excluding carboxylic acids is 2. The second-order valence-electron chi connectivity index (χ2n) is 4.23. The van der Waals surface area contributed by atoms with Crippen LogP contribution in [0, 0.1) is 0 Å². The van der Waals surface area contributed by atoms with E-state index in [1.807, 2.05) is 0 Å². The molecular weight excluding hydrogens is 256 g/mol. The summed E-state index contributed by atoms with van der Waals surface area (Å²) in [6.45, 7) is 0. The molecule has 6 heteroatoms. The van der Waals surface area contributed by atoms with Crippen LogP contribution in [-0.4, -0.2) is 12.3 Å². The van der Waals surface area contributed by atoms with Gasteiger partial charge in [0.2, 0.25) is 6.41 Å². The fourth-order valence-electron chi connectivity index (χ4n) is 1.87. The second kappa shape index (κ2) is 5.31. The first-order valence-corrected chi connectivity index (χ1v) is 5.82. The molecule has 0 aliphatic rings. The number of nitrogen functional groups attached to an aromatic ring is 2. The Balaban J connectivity index is 2.51. The summed E-state index contributed by atoms with van der Waals surface area (Å²) >= 11 is 0. The maximum atomic E-state index is 11.3. The third kappa shape index (κ3) is 2.54. The molecule has 2 rings (SSSR count). The van der Waals surface area contributed by atoms with E-state index in [4.69, 9.17) is 17.2 Å². The van der Waals surface area contributed by atoms with Gasteiger partial charge >= 0.3 is 0 Å². The molecule has 102 valence electrons. The van der Waals surface area contributed by atoms with Crippen LogP contribution in [-0.2, 0) is 4.79 Å². The minimum Gasteiger partial charge on any atom is -0.398 e. The van der Waals surface area contributed by atoms with Crippen LogP contribution in [0.1, 0.15) is 10.4 Å². The molecule has 0 fully saturated rings. The number of hydrogen-bond acceptors (Lipinski definition) is 4. The van der Waals surface area contributed by atoms with Crippen molar-refractivity contribution in [2.24, 2.45) is 5.73 Å². The van der Waals surface area contributed by atoms with Gasteiger partial charge in [-0.1, -0.05) is 12.1 Å². The van der Waals surface area contributed by atoms with Crippen molar-refractivity contribution in [1.29, 1.82) is 0 Å². The Morgan fingerprint density at radius 1 is 1.00 bits per heavy atom. The van der Waals surface area contributed by atoms with Crippen LogP contribution in [0.3, 0.4) is 0 Å². The summed E-state index contributed by atoms with van der Waals surface area (Å²) in [7, 11) is 0. The molecule has 0 atom stereocenters. The highest BCUT2D eigenvalue weighted by molar-refractivity contribution is 5.99. The second-order valence-corrected chi connectivity index (χ2v) is 4.23. The third-order valence-corrected chi connectivity index (χ3v) is 2.92. The number of primary amides is 1. The number of hydrogen-bond donors (Lipinski definition) is 4. The summed E-state index contributed by atoms with van der Waals surface area (Å²) in [5.41, 5.74) is 19.8. The summed E-state index contributed by atoms with van der Waals surface area (Å²) in [6, 6.07) is 10.1. The lowest BCUT2D eigenvalue weighted by molar-refractivity contribution is -0.105. The lowest BCUT2D eigenvalue weighted by Crippen LogP contribution is -2.13. The molecular formula is C14H14N4O2. The molecule has 0 saturated carbocycles. The predicted octanol–water partition coefficient (Wildman–Crippen LogP) is 1.19. The largest absolute Gasteiger partial charge is 0.398 e. The normalized spacial score (nSPS) is 10.0. The molecule has 0 bridgehead atoms. The quantitative estimate of drug-likeness (QED) is 0.492. The molecule has 20 heavy (non-hydrogen) atoms. The Bertz CT molecular complexity index is 683. The van der Waals surface area contributed by atoms with Crippen molar-refractivity contribution < 1.29 is 9.59 Å². The fourth-order valence-corrected chi connectivity index (χ4v) is 1.87. The van der Waals surface area contributed by atoms with Crippen LogP contribution in [0.4, 0.5) is 17.1 Å². The van der Waals surface area contributed by atoms with Gasteiger partial charge in [-0.15, -0.1) is 0 Å². The Morgan fingerprint density at radius 3 is 2.20 bits per heavy atom. The molecule has 0 heterocycles. The maximum Gasteiger partial charge on any atom is 0.250 e. The van der Waals surface area contributed by atoms with Crippen molar-refractivity contribution >= 4 is 29.4 Å². The van der Waals surface area contributed by atoms with Gasteiger partial charge < -0.3 is 22.5 Å². The highest BCUT2D eigenvalue weighted by Gasteiger charge is 2.09. The van der Waals surface area contributed by atoms with Crippen LogP contribution < -0.4 is 22.5 Å². The van der Waals surface area contributed by atoms with Crippen molar-refractivity contribution in [2.45, 2.75) is 0 Å². The summed E-state index contributed by atoms with van der Waals surface area (Å²) < 4.78 is 0. The Kier molecular flexibility index (Phi) is 3.56. The average molecular weight is 270 g/mol. The number of carbonyl (C=O) groups is 2. The Morgan fingerprint density at radius 2 is 1.60 bits per heavy atom. The van der Waals surface area contributed by atoms with Crippen molar-refractivity contribution in [3.63, 3.8) is 0 Å². The van der Waals surface area contributed by atoms with Crippen LogP contribution in [0.25, 0.3) is 11.1 Å². The van der Waals surface area contributed by atoms with E-state index in [-0.39, 0.29) is 5.56 Å². The summed E-state index contributed by atoms with van der Waals surface area (Å²) in [5, 5.41) is 2.51. The minimum absolute atomic E-state index is 0.254. The lowest BCUT2D eigenvalue weighted by atomic mass is 10.0. The van der Waals surface area contributed by atoms with Crippen LogP contribution in [0.15, 0.2) is 36.4 Å². The first-order chi connectivity index (χ1) is 9.52. The first kappa shape index (κ1) is 13.4. The van der Waals surface area contributed by atoms with Crippen molar-refractivity contribution in [2.75, 3.05) is 16.8 Å². The molecule has 0 radical (unpaired) electrons. The van der Waals surface area contributed by atoms with E-state index < -0.39 is 5.91 Å². The molecule has 2 aromatic carbocycles. The summed E-state index contributed by atoms with van der Waals surface area (Å²) in [5.74, 6) is -0.592. The van der Waals surface area contributed by atoms with Crippen molar-refractivity contribution in [3.8, 4) is 11.1 Å². The first-order valence-electron chi connectivity index (χ1n) is 5.82. The van der Waals surface area contributed by atoms with E-state index >= 15 is 0 Å². The number of benzene rings is 2. The van der Waals surface area contributed by atoms with Gasteiger partial charge in [0.05, 0.1) is 16.9 Å². The average Bonchev–Trinajstić information content (AvgIpc) is 2.42. The highest BCUT2D eigenvalue weighted by atomic mass is 16.1. The van der Waals surface area contributed by atoms with Crippen molar-refractivity contribution in [3.05, 3.63) is 42.0 Å². The SMILES string of the molecule is NC(=O)c1cc(-c2ccc(N)c(NC=O)c2)ccc1N. The topological polar surface area (TPSA) is 124 Å². The molecule has 0 saturated heterocycles. The number of nitrogens with one attached hydrogen (secondary N) is 1. The van der Waals surface area contributed by atoms with Gasteiger partial charge in [-0.25, -0.2) is 0 Å². The lowest BCUT2D eigenvalue weighted by Gasteiger charge is -2.09. The highest BCUT2D eigenvalue weighted by Crippen LogP contribution is 2.28. The van der Waals surface area contributed by atoms with E-state index in [1.54, 1.807) is 36.4 Å². The summed E-state index contributed by atoms with van der Waals surface area (Å²) in [6.07, 6.45) is 0.549. The molecule has 0 aromatic heterocycles. The smallest absolute Gasteiger partial charge is 0.250 e. The number of anilines is 3. The minimum atomic E-state index is -0.592. The molecule has 0 unspecified atom stereocenters. The van der Waals surface area contributed by atoms with E-state index in [2.05, 4.69) is 5.32 Å². The van der Waals surface area contributed by atoms with Crippen LogP contribution in [0.5, 0.6) is 0 Å². The van der Waals surface area contributed by atoms with Gasteiger partial charge in [0.15, 0.2) is 0 Å². The summed E-state index contributed by atoms with van der Waals surface area (Å²) in [4.78, 5) is 21.8. The number of nitrogens with two attached hydrogens (primary N) is 3. The molecule has 0 aliphatic carbocycles. The fraction of sp³-hybridized carbons (Fsp3) is 0. The standard InChI is InChI=1S/C14H14N4O2/c15-11-3-1-8(5-10(11)14(17)20)9-2-4-12(16)13(6-9)18-7-19/h1-7H,15-16H2,(H2,17,20)(H,18,19). The zero-order valence-corrected chi connectivity index (χ0v) is 10.6. The number of rotatable bonds is 4. The monoisotopic (exact) mass is 270 g/mol. The Hall–Kier alpha value is -3.02.